The number of rotatable bonds is 3. The second-order valence-corrected chi connectivity index (χ2v) is 6.97. The number of carbonyl (C=O) groups is 1. The molecule has 0 heterocycles. The lowest BCUT2D eigenvalue weighted by molar-refractivity contribution is 0.0947. The molecule has 1 N–H and O–H groups in total. The predicted octanol–water partition coefficient (Wildman–Crippen LogP) is 4.35. The Bertz CT molecular complexity index is 432. The smallest absolute Gasteiger partial charge is 0.251 e. The van der Waals surface area contributed by atoms with Crippen LogP contribution in [0.4, 0.5) is 0 Å². The van der Waals surface area contributed by atoms with Crippen molar-refractivity contribution in [2.24, 2.45) is 5.92 Å². The standard InChI is InChI=1S/C13H14Br2ClNO/c14-10-4-9(5-11(15)6-10)13(18)17-7-8-2-1-3-12(8)16/h4-6,8,12H,1-3,7H2,(H,17,18). The minimum absolute atomic E-state index is 0.0484. The SMILES string of the molecule is O=C(NCC1CCCC1Cl)c1cc(Br)cc(Br)c1. The minimum Gasteiger partial charge on any atom is -0.352 e. The predicted molar refractivity (Wildman–Crippen MR) is 81.2 cm³/mol. The normalized spacial score (nSPS) is 23.1. The third kappa shape index (κ3) is 3.72. The molecule has 2 nitrogen and oxygen atoms in total. The van der Waals surface area contributed by atoms with Crippen LogP contribution in [0.2, 0.25) is 0 Å². The van der Waals surface area contributed by atoms with Crippen molar-refractivity contribution in [3.8, 4) is 0 Å². The summed E-state index contributed by atoms with van der Waals surface area (Å²) in [5.41, 5.74) is 0.653. The van der Waals surface area contributed by atoms with Crippen LogP contribution in [0.15, 0.2) is 27.1 Å². The Morgan fingerprint density at radius 1 is 1.28 bits per heavy atom. The van der Waals surface area contributed by atoms with Crippen molar-refractivity contribution < 1.29 is 4.79 Å². The first-order valence-electron chi connectivity index (χ1n) is 5.94. The molecule has 98 valence electrons. The Kier molecular flexibility index (Phi) is 5.10. The molecule has 0 saturated heterocycles. The van der Waals surface area contributed by atoms with Gasteiger partial charge in [0.15, 0.2) is 0 Å². The van der Waals surface area contributed by atoms with Gasteiger partial charge in [-0.2, -0.15) is 0 Å². The summed E-state index contributed by atoms with van der Waals surface area (Å²) in [4.78, 5) is 12.0. The molecule has 0 aliphatic heterocycles. The maximum absolute atomic E-state index is 12.0. The molecular weight excluding hydrogens is 381 g/mol. The van der Waals surface area contributed by atoms with Crippen LogP contribution >= 0.6 is 43.5 Å². The molecule has 0 spiro atoms. The Hall–Kier alpha value is -0.0600. The van der Waals surface area contributed by atoms with Gasteiger partial charge in [-0.1, -0.05) is 38.3 Å². The highest BCUT2D eigenvalue weighted by Crippen LogP contribution is 2.29. The van der Waals surface area contributed by atoms with Crippen LogP contribution in [0.25, 0.3) is 0 Å². The van der Waals surface area contributed by atoms with Crippen molar-refractivity contribution in [2.75, 3.05) is 6.54 Å². The van der Waals surface area contributed by atoms with E-state index in [2.05, 4.69) is 37.2 Å². The van der Waals surface area contributed by atoms with E-state index in [9.17, 15) is 4.79 Å². The molecule has 2 atom stereocenters. The van der Waals surface area contributed by atoms with Crippen LogP contribution in [0, 0.1) is 5.92 Å². The number of halogens is 3. The summed E-state index contributed by atoms with van der Waals surface area (Å²) in [6.45, 7) is 0.664. The van der Waals surface area contributed by atoms with E-state index in [4.69, 9.17) is 11.6 Å². The lowest BCUT2D eigenvalue weighted by atomic mass is 10.1. The van der Waals surface area contributed by atoms with Gasteiger partial charge in [0.2, 0.25) is 0 Å². The van der Waals surface area contributed by atoms with Gasteiger partial charge in [-0.3, -0.25) is 4.79 Å². The molecule has 1 amide bonds. The second-order valence-electron chi connectivity index (χ2n) is 4.58. The average molecular weight is 396 g/mol. The summed E-state index contributed by atoms with van der Waals surface area (Å²) in [5, 5.41) is 3.17. The zero-order valence-corrected chi connectivity index (χ0v) is 13.7. The average Bonchev–Trinajstić information content (AvgIpc) is 2.70. The maximum atomic E-state index is 12.0. The molecule has 18 heavy (non-hydrogen) atoms. The van der Waals surface area contributed by atoms with Crippen LogP contribution in [0.1, 0.15) is 29.6 Å². The third-order valence-electron chi connectivity index (χ3n) is 3.22. The number of hydrogen-bond donors (Lipinski definition) is 1. The zero-order chi connectivity index (χ0) is 13.1. The van der Waals surface area contributed by atoms with Crippen molar-refractivity contribution in [2.45, 2.75) is 24.6 Å². The highest BCUT2D eigenvalue weighted by atomic mass is 79.9. The molecule has 1 aliphatic rings. The van der Waals surface area contributed by atoms with Gasteiger partial charge in [0.25, 0.3) is 5.91 Å². The molecule has 1 saturated carbocycles. The second kappa shape index (κ2) is 6.40. The lowest BCUT2D eigenvalue weighted by Crippen LogP contribution is -2.31. The number of benzene rings is 1. The van der Waals surface area contributed by atoms with Gasteiger partial charge in [0.1, 0.15) is 0 Å². The van der Waals surface area contributed by atoms with Crippen LogP contribution in [0.5, 0.6) is 0 Å². The molecule has 1 fully saturated rings. The van der Waals surface area contributed by atoms with Crippen molar-refractivity contribution in [1.29, 1.82) is 0 Å². The van der Waals surface area contributed by atoms with Crippen LogP contribution in [-0.4, -0.2) is 17.8 Å². The van der Waals surface area contributed by atoms with Crippen molar-refractivity contribution in [3.63, 3.8) is 0 Å². The zero-order valence-electron chi connectivity index (χ0n) is 9.76. The fourth-order valence-corrected chi connectivity index (χ4v) is 3.90. The largest absolute Gasteiger partial charge is 0.352 e. The maximum Gasteiger partial charge on any atom is 0.251 e. The Labute approximate surface area is 129 Å². The fourth-order valence-electron chi connectivity index (χ4n) is 2.23. The molecule has 0 radical (unpaired) electrons. The van der Waals surface area contributed by atoms with Crippen LogP contribution in [-0.2, 0) is 0 Å². The van der Waals surface area contributed by atoms with E-state index in [0.29, 0.717) is 18.0 Å². The summed E-state index contributed by atoms with van der Waals surface area (Å²) >= 11 is 12.9. The Morgan fingerprint density at radius 3 is 2.50 bits per heavy atom. The molecule has 1 aliphatic carbocycles. The quantitative estimate of drug-likeness (QED) is 0.758. The molecule has 1 aromatic rings. The lowest BCUT2D eigenvalue weighted by Gasteiger charge is -2.14. The molecule has 0 bridgehead atoms. The number of alkyl halides is 1. The summed E-state index contributed by atoms with van der Waals surface area (Å²) < 4.78 is 1.77. The summed E-state index contributed by atoms with van der Waals surface area (Å²) in [6, 6.07) is 5.53. The van der Waals surface area contributed by atoms with Gasteiger partial charge < -0.3 is 5.32 Å². The summed E-state index contributed by atoms with van der Waals surface area (Å²) in [7, 11) is 0. The van der Waals surface area contributed by atoms with Gasteiger partial charge in [0.05, 0.1) is 0 Å². The Morgan fingerprint density at radius 2 is 1.94 bits per heavy atom. The van der Waals surface area contributed by atoms with Crippen LogP contribution in [0.3, 0.4) is 0 Å². The molecule has 2 unspecified atom stereocenters. The van der Waals surface area contributed by atoms with E-state index < -0.39 is 0 Å². The van der Waals surface area contributed by atoms with Gasteiger partial charge >= 0.3 is 0 Å². The molecule has 2 rings (SSSR count). The van der Waals surface area contributed by atoms with Crippen molar-refractivity contribution in [3.05, 3.63) is 32.7 Å². The van der Waals surface area contributed by atoms with Gasteiger partial charge in [-0.15, -0.1) is 11.6 Å². The van der Waals surface area contributed by atoms with E-state index >= 15 is 0 Å². The van der Waals surface area contributed by atoms with E-state index in [0.717, 1.165) is 28.2 Å². The van der Waals surface area contributed by atoms with Crippen molar-refractivity contribution >= 4 is 49.4 Å². The first-order chi connectivity index (χ1) is 8.56. The van der Waals surface area contributed by atoms with E-state index in [1.54, 1.807) is 0 Å². The summed E-state index contributed by atoms with van der Waals surface area (Å²) in [5.74, 6) is 0.360. The Balaban J connectivity index is 1.95. The van der Waals surface area contributed by atoms with Gasteiger partial charge in [-0.25, -0.2) is 0 Å². The first-order valence-corrected chi connectivity index (χ1v) is 7.97. The fraction of sp³-hybridized carbons (Fsp3) is 0.462. The van der Waals surface area contributed by atoms with Gasteiger partial charge in [0, 0.05) is 26.4 Å². The van der Waals surface area contributed by atoms with Crippen molar-refractivity contribution in [1.82, 2.24) is 5.32 Å². The molecular formula is C13H14Br2ClNO. The third-order valence-corrected chi connectivity index (χ3v) is 4.71. The van der Waals surface area contributed by atoms with E-state index in [1.807, 2.05) is 18.2 Å². The number of carbonyl (C=O) groups excluding carboxylic acids is 1. The highest BCUT2D eigenvalue weighted by molar-refractivity contribution is 9.11. The highest BCUT2D eigenvalue weighted by Gasteiger charge is 2.25. The van der Waals surface area contributed by atoms with Gasteiger partial charge in [-0.05, 0) is 37.0 Å². The number of nitrogens with one attached hydrogen (secondary N) is 1. The van der Waals surface area contributed by atoms with E-state index in [-0.39, 0.29) is 11.3 Å². The summed E-state index contributed by atoms with van der Waals surface area (Å²) in [6.07, 6.45) is 3.33. The van der Waals surface area contributed by atoms with Crippen LogP contribution < -0.4 is 5.32 Å². The first kappa shape index (κ1) is 14.4. The monoisotopic (exact) mass is 393 g/mol. The van der Waals surface area contributed by atoms with E-state index in [1.165, 1.54) is 0 Å². The number of amides is 1. The topological polar surface area (TPSA) is 29.1 Å². The molecule has 1 aromatic carbocycles. The molecule has 0 aromatic heterocycles. The minimum atomic E-state index is -0.0484. The number of hydrogen-bond acceptors (Lipinski definition) is 1. The molecule has 5 heteroatoms.